The van der Waals surface area contributed by atoms with Gasteiger partial charge in [-0.1, -0.05) is 12.2 Å². The van der Waals surface area contributed by atoms with Crippen molar-refractivity contribution in [3.63, 3.8) is 0 Å². The number of aromatic amines is 1. The zero-order valence-electron chi connectivity index (χ0n) is 7.49. The molecule has 1 aromatic rings. The van der Waals surface area contributed by atoms with Crippen LogP contribution < -0.4 is 11.1 Å². The number of nitrogens with one attached hydrogen (secondary N) is 2. The number of nitrogens with two attached hydrogens (primary N) is 1. The first kappa shape index (κ1) is 10.6. The normalized spacial score (nSPS) is 9.71. The van der Waals surface area contributed by atoms with Gasteiger partial charge in [0.05, 0.1) is 11.4 Å². The van der Waals surface area contributed by atoms with Crippen molar-refractivity contribution in [3.8, 4) is 0 Å². The number of rotatable bonds is 5. The highest BCUT2D eigenvalue weighted by molar-refractivity contribution is 7.80. The Morgan fingerprint density at radius 3 is 3.07 bits per heavy atom. The molecule has 0 atom stereocenters. The molecule has 14 heavy (non-hydrogen) atoms. The van der Waals surface area contributed by atoms with Gasteiger partial charge in [-0.2, -0.15) is 5.10 Å². The number of carbonyl (C=O) groups excluding carboxylic acids is 1. The first-order valence-electron chi connectivity index (χ1n) is 4.07. The topological polar surface area (TPSA) is 96.7 Å². The fourth-order valence-corrected chi connectivity index (χ4v) is 1.02. The van der Waals surface area contributed by atoms with E-state index in [0.29, 0.717) is 13.0 Å². The smallest absolute Gasteiger partial charge is 0.226 e. The Hall–Kier alpha value is -1.50. The lowest BCUT2D eigenvalue weighted by molar-refractivity contribution is -0.119. The summed E-state index contributed by atoms with van der Waals surface area (Å²) in [7, 11) is 0. The monoisotopic (exact) mass is 213 g/mol. The lowest BCUT2D eigenvalue weighted by Gasteiger charge is -2.01. The molecule has 7 heteroatoms. The Bertz CT molecular complexity index is 310. The molecule has 6 nitrogen and oxygen atoms in total. The molecule has 1 heterocycles. The maximum absolute atomic E-state index is 11.1. The van der Waals surface area contributed by atoms with Gasteiger partial charge in [-0.05, 0) is 0 Å². The van der Waals surface area contributed by atoms with Crippen LogP contribution >= 0.6 is 12.2 Å². The zero-order valence-corrected chi connectivity index (χ0v) is 8.30. The molecule has 0 aliphatic carbocycles. The van der Waals surface area contributed by atoms with E-state index in [1.165, 1.54) is 6.33 Å². The van der Waals surface area contributed by atoms with Crippen molar-refractivity contribution in [3.05, 3.63) is 12.2 Å². The van der Waals surface area contributed by atoms with Gasteiger partial charge in [0, 0.05) is 13.0 Å². The summed E-state index contributed by atoms with van der Waals surface area (Å²) in [6.45, 7) is 0.497. The van der Waals surface area contributed by atoms with Crippen molar-refractivity contribution in [1.82, 2.24) is 20.5 Å². The zero-order chi connectivity index (χ0) is 10.4. The van der Waals surface area contributed by atoms with Gasteiger partial charge in [-0.25, -0.2) is 4.98 Å². The van der Waals surface area contributed by atoms with E-state index >= 15 is 0 Å². The lowest BCUT2D eigenvalue weighted by atomic mass is 10.3. The third kappa shape index (κ3) is 3.94. The van der Waals surface area contributed by atoms with Gasteiger partial charge in [0.1, 0.15) is 12.2 Å². The molecule has 0 aliphatic rings. The molecule has 0 aromatic carbocycles. The first-order chi connectivity index (χ1) is 6.68. The summed E-state index contributed by atoms with van der Waals surface area (Å²) >= 11 is 4.59. The average molecular weight is 213 g/mol. The minimum absolute atomic E-state index is 0.0890. The van der Waals surface area contributed by atoms with Crippen LogP contribution in [0.5, 0.6) is 0 Å². The number of thiocarbonyl (C=S) groups is 1. The SMILES string of the molecule is NC(=S)CC(=O)NCCc1ncn[nH]1. The summed E-state index contributed by atoms with van der Waals surface area (Å²) in [6.07, 6.45) is 2.13. The lowest BCUT2D eigenvalue weighted by Crippen LogP contribution is -2.29. The van der Waals surface area contributed by atoms with Gasteiger partial charge >= 0.3 is 0 Å². The van der Waals surface area contributed by atoms with Crippen LogP contribution in [0, 0.1) is 0 Å². The van der Waals surface area contributed by atoms with Gasteiger partial charge in [0.25, 0.3) is 0 Å². The second-order valence-electron chi connectivity index (χ2n) is 2.68. The Balaban J connectivity index is 2.15. The maximum Gasteiger partial charge on any atom is 0.226 e. The predicted molar refractivity (Wildman–Crippen MR) is 54.5 cm³/mol. The highest BCUT2D eigenvalue weighted by atomic mass is 32.1. The number of H-pyrrole nitrogens is 1. The molecule has 1 amide bonds. The number of aromatic nitrogens is 3. The molecule has 76 valence electrons. The molecule has 0 radical (unpaired) electrons. The number of hydrogen-bond donors (Lipinski definition) is 3. The van der Waals surface area contributed by atoms with Crippen molar-refractivity contribution in [2.45, 2.75) is 12.8 Å². The highest BCUT2D eigenvalue weighted by Gasteiger charge is 2.02. The molecular weight excluding hydrogens is 202 g/mol. The van der Waals surface area contributed by atoms with Gasteiger partial charge in [0.15, 0.2) is 0 Å². The molecule has 0 saturated heterocycles. The van der Waals surface area contributed by atoms with Crippen molar-refractivity contribution in [1.29, 1.82) is 0 Å². The number of carbonyl (C=O) groups is 1. The van der Waals surface area contributed by atoms with E-state index in [9.17, 15) is 4.79 Å². The van der Waals surface area contributed by atoms with E-state index in [1.807, 2.05) is 0 Å². The quantitative estimate of drug-likeness (QED) is 0.553. The molecule has 1 rings (SSSR count). The van der Waals surface area contributed by atoms with Gasteiger partial charge < -0.3 is 11.1 Å². The van der Waals surface area contributed by atoms with Crippen LogP contribution in [0.1, 0.15) is 12.2 Å². The molecule has 0 bridgehead atoms. The number of amides is 1. The minimum Gasteiger partial charge on any atom is -0.393 e. The Morgan fingerprint density at radius 2 is 2.50 bits per heavy atom. The molecule has 0 fully saturated rings. The van der Waals surface area contributed by atoms with Crippen LogP contribution in [0.4, 0.5) is 0 Å². The molecular formula is C7H11N5OS. The van der Waals surface area contributed by atoms with Gasteiger partial charge in [-0.15, -0.1) is 0 Å². The molecule has 4 N–H and O–H groups in total. The van der Waals surface area contributed by atoms with Gasteiger partial charge in [-0.3, -0.25) is 9.89 Å². The molecule has 0 spiro atoms. The van der Waals surface area contributed by atoms with E-state index in [-0.39, 0.29) is 17.3 Å². The van der Waals surface area contributed by atoms with Crippen LogP contribution in [0.2, 0.25) is 0 Å². The van der Waals surface area contributed by atoms with E-state index in [2.05, 4.69) is 32.7 Å². The molecule has 0 aliphatic heterocycles. The van der Waals surface area contributed by atoms with Crippen molar-refractivity contribution in [2.24, 2.45) is 5.73 Å². The largest absolute Gasteiger partial charge is 0.393 e. The highest BCUT2D eigenvalue weighted by Crippen LogP contribution is 1.86. The average Bonchev–Trinajstić information content (AvgIpc) is 2.55. The Morgan fingerprint density at radius 1 is 1.71 bits per heavy atom. The first-order valence-corrected chi connectivity index (χ1v) is 4.48. The predicted octanol–water partition coefficient (Wildman–Crippen LogP) is -0.860. The van der Waals surface area contributed by atoms with Crippen molar-refractivity contribution < 1.29 is 4.79 Å². The fraction of sp³-hybridized carbons (Fsp3) is 0.429. The standard InChI is InChI=1S/C7H11N5OS/c8-5(14)3-7(13)9-2-1-6-10-4-11-12-6/h4H,1-3H2,(H2,8,14)(H,9,13)(H,10,11,12). The third-order valence-electron chi connectivity index (χ3n) is 1.48. The third-order valence-corrected chi connectivity index (χ3v) is 1.63. The molecule has 0 unspecified atom stereocenters. The van der Waals surface area contributed by atoms with E-state index in [1.54, 1.807) is 0 Å². The summed E-state index contributed by atoms with van der Waals surface area (Å²) in [5, 5.41) is 9.03. The van der Waals surface area contributed by atoms with Crippen molar-refractivity contribution >= 4 is 23.1 Å². The van der Waals surface area contributed by atoms with Crippen LogP contribution in [-0.2, 0) is 11.2 Å². The van der Waals surface area contributed by atoms with Crippen LogP contribution in [0.25, 0.3) is 0 Å². The molecule has 0 saturated carbocycles. The maximum atomic E-state index is 11.1. The van der Waals surface area contributed by atoms with Gasteiger partial charge in [0.2, 0.25) is 5.91 Å². The fourth-order valence-electron chi connectivity index (χ4n) is 0.892. The number of nitrogens with zero attached hydrogens (tertiary/aromatic N) is 2. The Kier molecular flexibility index (Phi) is 3.99. The molecule has 1 aromatic heterocycles. The second kappa shape index (κ2) is 5.28. The Labute approximate surface area is 86.3 Å². The van der Waals surface area contributed by atoms with E-state index < -0.39 is 0 Å². The summed E-state index contributed by atoms with van der Waals surface area (Å²) in [5.74, 6) is 0.567. The summed E-state index contributed by atoms with van der Waals surface area (Å²) in [6, 6.07) is 0. The van der Waals surface area contributed by atoms with E-state index in [0.717, 1.165) is 5.82 Å². The summed E-state index contributed by atoms with van der Waals surface area (Å²) < 4.78 is 0. The van der Waals surface area contributed by atoms with Crippen LogP contribution in [0.3, 0.4) is 0 Å². The van der Waals surface area contributed by atoms with Crippen LogP contribution in [0.15, 0.2) is 6.33 Å². The van der Waals surface area contributed by atoms with Crippen LogP contribution in [-0.4, -0.2) is 32.6 Å². The minimum atomic E-state index is -0.169. The number of hydrogen-bond acceptors (Lipinski definition) is 4. The summed E-state index contributed by atoms with van der Waals surface area (Å²) in [4.78, 5) is 15.2. The summed E-state index contributed by atoms with van der Waals surface area (Å²) in [5.41, 5.74) is 5.20. The second-order valence-corrected chi connectivity index (χ2v) is 3.20. The van der Waals surface area contributed by atoms with E-state index in [4.69, 9.17) is 5.73 Å². The van der Waals surface area contributed by atoms with Crippen molar-refractivity contribution in [2.75, 3.05) is 6.54 Å².